The number of carbonyl (C=O) groups excluding carboxylic acids is 1. The molecule has 11 heteroatoms. The normalized spacial score (nSPS) is 11.2. The maximum Gasteiger partial charge on any atom is 0.387 e. The van der Waals surface area contributed by atoms with Crippen molar-refractivity contribution in [2.75, 3.05) is 5.32 Å². The van der Waals surface area contributed by atoms with Crippen LogP contribution in [0.15, 0.2) is 36.7 Å². The quantitative estimate of drug-likeness (QED) is 0.616. The van der Waals surface area contributed by atoms with Crippen molar-refractivity contribution in [1.29, 1.82) is 0 Å². The molecule has 0 unspecified atom stereocenters. The number of anilines is 1. The lowest BCUT2D eigenvalue weighted by molar-refractivity contribution is -0.0498. The number of carbonyl (C=O) groups is 1. The van der Waals surface area contributed by atoms with Crippen molar-refractivity contribution < 1.29 is 27.1 Å². The van der Waals surface area contributed by atoms with Crippen LogP contribution in [-0.4, -0.2) is 27.1 Å². The maximum atomic E-state index is 13.0. The summed E-state index contributed by atoms with van der Waals surface area (Å²) < 4.78 is 55.2. The second-order valence-corrected chi connectivity index (χ2v) is 6.23. The van der Waals surface area contributed by atoms with Gasteiger partial charge >= 0.3 is 13.2 Å². The van der Waals surface area contributed by atoms with Gasteiger partial charge in [0.1, 0.15) is 5.75 Å². The molecule has 27 heavy (non-hydrogen) atoms. The number of rotatable bonds is 6. The number of nitrogens with one attached hydrogen (secondary N) is 1. The summed E-state index contributed by atoms with van der Waals surface area (Å²) in [7, 11) is 0. The molecule has 0 saturated heterocycles. The molecule has 0 spiro atoms. The molecule has 0 aliphatic rings. The zero-order chi connectivity index (χ0) is 19.6. The minimum Gasteiger partial charge on any atom is -0.435 e. The summed E-state index contributed by atoms with van der Waals surface area (Å²) in [6.07, 6.45) is 2.41. The third kappa shape index (κ3) is 4.25. The maximum absolute atomic E-state index is 13.0. The SMILES string of the molecule is Cc1nc(NC(=O)c2ccc(OC(F)F)cc2)sc1-c1nccn1C(F)F. The Morgan fingerprint density at radius 3 is 2.56 bits per heavy atom. The van der Waals surface area contributed by atoms with E-state index in [1.54, 1.807) is 6.92 Å². The second-order valence-electron chi connectivity index (χ2n) is 5.23. The van der Waals surface area contributed by atoms with Crippen LogP contribution in [0.3, 0.4) is 0 Å². The van der Waals surface area contributed by atoms with E-state index in [9.17, 15) is 22.4 Å². The van der Waals surface area contributed by atoms with Crippen LogP contribution in [0.4, 0.5) is 22.7 Å². The molecule has 2 aromatic heterocycles. The number of ether oxygens (including phenoxy) is 1. The highest BCUT2D eigenvalue weighted by Crippen LogP contribution is 2.33. The Morgan fingerprint density at radius 1 is 1.22 bits per heavy atom. The number of hydrogen-bond donors (Lipinski definition) is 1. The van der Waals surface area contributed by atoms with E-state index in [1.807, 2.05) is 0 Å². The summed E-state index contributed by atoms with van der Waals surface area (Å²) in [5, 5.41) is 2.74. The van der Waals surface area contributed by atoms with Crippen molar-refractivity contribution in [3.05, 3.63) is 47.9 Å². The van der Waals surface area contributed by atoms with Crippen LogP contribution < -0.4 is 10.1 Å². The summed E-state index contributed by atoms with van der Waals surface area (Å²) >= 11 is 1.000. The molecule has 3 rings (SSSR count). The number of aryl methyl sites for hydroxylation is 1. The van der Waals surface area contributed by atoms with Gasteiger partial charge in [0, 0.05) is 18.0 Å². The molecule has 0 bridgehead atoms. The fourth-order valence-electron chi connectivity index (χ4n) is 2.26. The molecule has 1 N–H and O–H groups in total. The summed E-state index contributed by atoms with van der Waals surface area (Å²) in [6.45, 7) is -4.10. The van der Waals surface area contributed by atoms with Gasteiger partial charge in [0.2, 0.25) is 0 Å². The van der Waals surface area contributed by atoms with Crippen molar-refractivity contribution in [1.82, 2.24) is 14.5 Å². The van der Waals surface area contributed by atoms with Crippen LogP contribution in [0.5, 0.6) is 5.75 Å². The van der Waals surface area contributed by atoms with Gasteiger partial charge in [-0.15, -0.1) is 0 Å². The van der Waals surface area contributed by atoms with Gasteiger partial charge < -0.3 is 4.74 Å². The van der Waals surface area contributed by atoms with Crippen LogP contribution in [0.2, 0.25) is 0 Å². The van der Waals surface area contributed by atoms with E-state index in [-0.39, 0.29) is 22.3 Å². The van der Waals surface area contributed by atoms with Gasteiger partial charge in [-0.1, -0.05) is 11.3 Å². The van der Waals surface area contributed by atoms with Gasteiger partial charge in [-0.25, -0.2) is 9.97 Å². The van der Waals surface area contributed by atoms with Gasteiger partial charge in [-0.3, -0.25) is 14.7 Å². The molecule has 1 amide bonds. The predicted molar refractivity (Wildman–Crippen MR) is 90.4 cm³/mol. The van der Waals surface area contributed by atoms with Gasteiger partial charge in [-0.2, -0.15) is 17.6 Å². The first kappa shape index (κ1) is 18.8. The zero-order valence-electron chi connectivity index (χ0n) is 13.7. The fourth-order valence-corrected chi connectivity index (χ4v) is 3.22. The van der Waals surface area contributed by atoms with E-state index < -0.39 is 19.1 Å². The molecule has 0 aliphatic carbocycles. The summed E-state index contributed by atoms with van der Waals surface area (Å²) in [4.78, 5) is 20.7. The zero-order valence-corrected chi connectivity index (χ0v) is 14.5. The van der Waals surface area contributed by atoms with Crippen LogP contribution in [0.1, 0.15) is 22.6 Å². The molecule has 0 atom stereocenters. The van der Waals surface area contributed by atoms with Gasteiger partial charge in [0.25, 0.3) is 5.91 Å². The predicted octanol–water partition coefficient (Wildman–Crippen LogP) is 4.56. The largest absolute Gasteiger partial charge is 0.435 e. The smallest absolute Gasteiger partial charge is 0.387 e. The molecular weight excluding hydrogens is 388 g/mol. The highest BCUT2D eigenvalue weighted by molar-refractivity contribution is 7.19. The van der Waals surface area contributed by atoms with E-state index in [2.05, 4.69) is 20.0 Å². The standard InChI is InChI=1S/C16H12F4N4O2S/c1-8-11(12-21-6-7-24(12)14(17)18)27-16(22-8)23-13(25)9-2-4-10(5-3-9)26-15(19)20/h2-7,14-15H,1H3,(H,22,23,25). The molecule has 0 fully saturated rings. The van der Waals surface area contributed by atoms with Crippen LogP contribution in [-0.2, 0) is 0 Å². The van der Waals surface area contributed by atoms with E-state index >= 15 is 0 Å². The van der Waals surface area contributed by atoms with E-state index in [0.29, 0.717) is 15.1 Å². The second kappa shape index (κ2) is 7.74. The Labute approximate surface area is 154 Å². The van der Waals surface area contributed by atoms with Crippen LogP contribution in [0, 0.1) is 6.92 Å². The number of nitrogens with zero attached hydrogens (tertiary/aromatic N) is 3. The highest BCUT2D eigenvalue weighted by Gasteiger charge is 2.19. The number of alkyl halides is 4. The van der Waals surface area contributed by atoms with Crippen molar-refractivity contribution in [3.8, 4) is 16.5 Å². The summed E-state index contributed by atoms with van der Waals surface area (Å²) in [5.74, 6) is -0.558. The lowest BCUT2D eigenvalue weighted by atomic mass is 10.2. The highest BCUT2D eigenvalue weighted by atomic mass is 32.1. The minimum absolute atomic E-state index is 0.0500. The number of imidazole rings is 1. The average Bonchev–Trinajstić information content (AvgIpc) is 3.21. The van der Waals surface area contributed by atoms with Crippen molar-refractivity contribution in [2.24, 2.45) is 0 Å². The van der Waals surface area contributed by atoms with Crippen molar-refractivity contribution in [2.45, 2.75) is 20.1 Å². The van der Waals surface area contributed by atoms with Gasteiger partial charge in [-0.05, 0) is 31.2 Å². The van der Waals surface area contributed by atoms with E-state index in [0.717, 1.165) is 17.5 Å². The number of benzene rings is 1. The molecule has 2 heterocycles. The molecule has 6 nitrogen and oxygen atoms in total. The Balaban J connectivity index is 1.76. The van der Waals surface area contributed by atoms with Gasteiger partial charge in [0.15, 0.2) is 11.0 Å². The van der Waals surface area contributed by atoms with Crippen molar-refractivity contribution >= 4 is 22.4 Å². The van der Waals surface area contributed by atoms with Crippen LogP contribution in [0.25, 0.3) is 10.7 Å². The number of thiazole rings is 1. The fraction of sp³-hybridized carbons (Fsp3) is 0.188. The first-order valence-electron chi connectivity index (χ1n) is 7.50. The molecular formula is C16H12F4N4O2S. The molecule has 142 valence electrons. The lowest BCUT2D eigenvalue weighted by Crippen LogP contribution is -2.11. The first-order chi connectivity index (χ1) is 12.8. The lowest BCUT2D eigenvalue weighted by Gasteiger charge is -2.05. The topological polar surface area (TPSA) is 69.0 Å². The van der Waals surface area contributed by atoms with E-state index in [1.165, 1.54) is 30.5 Å². The van der Waals surface area contributed by atoms with E-state index in [4.69, 9.17) is 0 Å². The molecule has 0 radical (unpaired) electrons. The Kier molecular flexibility index (Phi) is 5.40. The Morgan fingerprint density at radius 2 is 1.93 bits per heavy atom. The Hall–Kier alpha value is -2.95. The number of aromatic nitrogens is 3. The number of amides is 1. The monoisotopic (exact) mass is 400 g/mol. The third-order valence-corrected chi connectivity index (χ3v) is 4.51. The molecule has 3 aromatic rings. The molecule has 1 aromatic carbocycles. The molecule has 0 saturated carbocycles. The minimum atomic E-state index is -2.96. The summed E-state index contributed by atoms with van der Waals surface area (Å²) in [5.41, 5.74) is 0.629. The first-order valence-corrected chi connectivity index (χ1v) is 8.32. The van der Waals surface area contributed by atoms with Crippen LogP contribution >= 0.6 is 11.3 Å². The van der Waals surface area contributed by atoms with Gasteiger partial charge in [0.05, 0.1) is 10.6 Å². The summed E-state index contributed by atoms with van der Waals surface area (Å²) in [6, 6.07) is 5.11. The Bertz CT molecular complexity index is 940. The van der Waals surface area contributed by atoms with Crippen molar-refractivity contribution in [3.63, 3.8) is 0 Å². The number of halogens is 4. The average molecular weight is 400 g/mol. The number of hydrogen-bond acceptors (Lipinski definition) is 5. The molecule has 0 aliphatic heterocycles. The third-order valence-electron chi connectivity index (χ3n) is 3.44.